The molecule has 272 valence electrons. The number of aryl methyl sites for hydroxylation is 2. The Morgan fingerprint density at radius 2 is 1.25 bits per heavy atom. The maximum absolute atomic E-state index is 6.99. The van der Waals surface area contributed by atoms with Crippen molar-refractivity contribution in [2.75, 3.05) is 4.90 Å². The van der Waals surface area contributed by atoms with E-state index in [2.05, 4.69) is 187 Å². The molecule has 2 nitrogen and oxygen atoms in total. The second-order valence-electron chi connectivity index (χ2n) is 17.3. The topological polar surface area (TPSA) is 12.5 Å². The summed E-state index contributed by atoms with van der Waals surface area (Å²) in [5, 5.41) is 5.95. The number of ether oxygens (including phenoxy) is 1. The first-order chi connectivity index (χ1) is 27.2. The van der Waals surface area contributed by atoms with Crippen molar-refractivity contribution >= 4 is 69.0 Å². The van der Waals surface area contributed by atoms with Crippen molar-refractivity contribution in [3.05, 3.63) is 167 Å². The Kier molecular flexibility index (Phi) is 7.21. The zero-order valence-corrected chi connectivity index (χ0v) is 34.4. The minimum Gasteiger partial charge on any atom is -0.458 e. The van der Waals surface area contributed by atoms with E-state index in [0.717, 1.165) is 11.5 Å². The smallest absolute Gasteiger partial charge is 0.254 e. The average molecular weight is 740 g/mol. The van der Waals surface area contributed by atoms with Crippen LogP contribution in [0.1, 0.15) is 85.8 Å². The van der Waals surface area contributed by atoms with E-state index in [1.807, 2.05) is 0 Å². The number of nitrogens with zero attached hydrogens (tertiary/aromatic N) is 1. The van der Waals surface area contributed by atoms with Crippen LogP contribution >= 0.6 is 0 Å². The average Bonchev–Trinajstić information content (AvgIpc) is 3.50. The summed E-state index contributed by atoms with van der Waals surface area (Å²) in [5.41, 5.74) is 18.9. The van der Waals surface area contributed by atoms with Crippen molar-refractivity contribution in [1.29, 1.82) is 0 Å². The van der Waals surface area contributed by atoms with E-state index in [0.29, 0.717) is 11.8 Å². The standard InChI is InChI=1S/C52H46BNOSi/c1-30(2)35-27-38(31(3)4)51-40(28-35)34(7)39-29-44-50(26-33(39)6)56(47-21-12-8-15-36(47)37-16-9-13-22-48(37)56)49-25-32(5)23-24-42(49)54(44)43-18-14-20-46-52(43)53(51)41-17-10-11-19-45(41)55-46/h8-31,34H,1-7H3. The first kappa shape index (κ1) is 33.7. The van der Waals surface area contributed by atoms with Crippen molar-refractivity contribution in [1.82, 2.24) is 0 Å². The number of hydrogen-bond acceptors (Lipinski definition) is 2. The maximum Gasteiger partial charge on any atom is 0.254 e. The molecule has 2 bridgehead atoms. The number of rotatable bonds is 2. The molecule has 7 aromatic rings. The zero-order chi connectivity index (χ0) is 38.2. The van der Waals surface area contributed by atoms with Crippen molar-refractivity contribution in [3.63, 3.8) is 0 Å². The SMILES string of the molecule is Cc1ccc2c(c1)[Si]1(c3ccccc3-c3ccccc31)c1cc(C)c3cc1N2c1cccc2c1B(c1ccccc1O2)c1c(C(C)C)cc(C(C)C)cc1C3C. The molecule has 4 heteroatoms. The molecule has 0 aliphatic carbocycles. The van der Waals surface area contributed by atoms with Gasteiger partial charge in [-0.1, -0.05) is 149 Å². The van der Waals surface area contributed by atoms with Gasteiger partial charge in [-0.3, -0.25) is 0 Å². The molecule has 7 aromatic carbocycles. The molecule has 0 aromatic heterocycles. The van der Waals surface area contributed by atoms with Crippen LogP contribution in [0.4, 0.5) is 17.1 Å². The van der Waals surface area contributed by atoms with Crippen LogP contribution in [0.5, 0.6) is 11.5 Å². The van der Waals surface area contributed by atoms with Gasteiger partial charge >= 0.3 is 0 Å². The third-order valence-corrected chi connectivity index (χ3v) is 18.5. The summed E-state index contributed by atoms with van der Waals surface area (Å²) in [6.07, 6.45) is 0. The monoisotopic (exact) mass is 739 g/mol. The van der Waals surface area contributed by atoms with Crippen molar-refractivity contribution in [2.45, 2.75) is 66.2 Å². The highest BCUT2D eigenvalue weighted by Crippen LogP contribution is 2.46. The molecule has 1 atom stereocenters. The lowest BCUT2D eigenvalue weighted by atomic mass is 9.33. The molecule has 4 aliphatic heterocycles. The fraction of sp³-hybridized carbons (Fsp3) is 0.192. The lowest BCUT2D eigenvalue weighted by Crippen LogP contribution is -2.75. The van der Waals surface area contributed by atoms with Gasteiger partial charge in [0.25, 0.3) is 6.71 Å². The Morgan fingerprint density at radius 3 is 1.98 bits per heavy atom. The highest BCUT2D eigenvalue weighted by molar-refractivity contribution is 7.23. The number of hydrogen-bond donors (Lipinski definition) is 0. The molecule has 11 rings (SSSR count). The summed E-state index contributed by atoms with van der Waals surface area (Å²) >= 11 is 0. The Bertz CT molecular complexity index is 2770. The minimum absolute atomic E-state index is 0.00932. The molecule has 0 radical (unpaired) electrons. The van der Waals surface area contributed by atoms with Crippen LogP contribution < -0.4 is 46.8 Å². The number of anilines is 3. The summed E-state index contributed by atoms with van der Waals surface area (Å²) in [5.74, 6) is 2.82. The van der Waals surface area contributed by atoms with Crippen LogP contribution in [0.25, 0.3) is 11.1 Å². The summed E-state index contributed by atoms with van der Waals surface area (Å²) < 4.78 is 6.99. The fourth-order valence-electron chi connectivity index (χ4n) is 11.0. The Balaban J connectivity index is 1.34. The van der Waals surface area contributed by atoms with Crippen LogP contribution in [0.3, 0.4) is 0 Å². The lowest BCUT2D eigenvalue weighted by molar-refractivity contribution is 0.487. The fourth-order valence-corrected chi connectivity index (χ4v) is 16.7. The van der Waals surface area contributed by atoms with Gasteiger partial charge in [0, 0.05) is 23.0 Å². The Hall–Kier alpha value is -5.58. The molecule has 0 amide bonds. The first-order valence-electron chi connectivity index (χ1n) is 20.5. The predicted molar refractivity (Wildman–Crippen MR) is 240 cm³/mol. The van der Waals surface area contributed by atoms with Crippen molar-refractivity contribution < 1.29 is 4.74 Å². The van der Waals surface area contributed by atoms with Crippen LogP contribution in [0, 0.1) is 13.8 Å². The highest BCUT2D eigenvalue weighted by atomic mass is 28.3. The van der Waals surface area contributed by atoms with Crippen LogP contribution in [-0.4, -0.2) is 14.8 Å². The van der Waals surface area contributed by atoms with E-state index in [9.17, 15) is 0 Å². The largest absolute Gasteiger partial charge is 0.458 e. The van der Waals surface area contributed by atoms with E-state index in [1.165, 1.54) is 98.7 Å². The summed E-state index contributed by atoms with van der Waals surface area (Å²) in [6, 6.07) is 51.8. The zero-order valence-electron chi connectivity index (χ0n) is 33.4. The van der Waals surface area contributed by atoms with Crippen LogP contribution in [0.2, 0.25) is 0 Å². The normalized spacial score (nSPS) is 16.1. The van der Waals surface area contributed by atoms with Gasteiger partial charge in [-0.25, -0.2) is 0 Å². The maximum atomic E-state index is 6.99. The minimum atomic E-state index is -2.78. The molecule has 1 spiro atoms. The van der Waals surface area contributed by atoms with Gasteiger partial charge in [0.1, 0.15) is 11.5 Å². The van der Waals surface area contributed by atoms with Crippen molar-refractivity contribution in [2.24, 2.45) is 0 Å². The third-order valence-electron chi connectivity index (χ3n) is 13.6. The summed E-state index contributed by atoms with van der Waals surface area (Å²) in [6.45, 7) is 16.6. The Labute approximate surface area is 332 Å². The molecular formula is C52H46BNOSi. The van der Waals surface area contributed by atoms with Crippen LogP contribution in [0.15, 0.2) is 133 Å². The van der Waals surface area contributed by atoms with Gasteiger partial charge in [-0.2, -0.15) is 0 Å². The van der Waals surface area contributed by atoms with Gasteiger partial charge in [-0.05, 0) is 127 Å². The lowest BCUT2D eigenvalue weighted by Gasteiger charge is -2.46. The van der Waals surface area contributed by atoms with Crippen LogP contribution in [-0.2, 0) is 0 Å². The van der Waals surface area contributed by atoms with E-state index < -0.39 is 8.07 Å². The first-order valence-corrected chi connectivity index (χ1v) is 22.5. The molecular weight excluding hydrogens is 693 g/mol. The molecule has 0 saturated carbocycles. The second-order valence-corrected chi connectivity index (χ2v) is 21.0. The van der Waals surface area contributed by atoms with Gasteiger partial charge < -0.3 is 9.64 Å². The third kappa shape index (κ3) is 4.34. The Morgan fingerprint density at radius 1 is 0.571 bits per heavy atom. The molecule has 4 heterocycles. The molecule has 56 heavy (non-hydrogen) atoms. The van der Waals surface area contributed by atoms with E-state index in [1.54, 1.807) is 0 Å². The van der Waals surface area contributed by atoms with Gasteiger partial charge in [0.05, 0.1) is 0 Å². The van der Waals surface area contributed by atoms with Gasteiger partial charge in [-0.15, -0.1) is 0 Å². The molecule has 4 aliphatic rings. The molecule has 0 saturated heterocycles. The number of benzene rings is 7. The quantitative estimate of drug-likeness (QED) is 0.165. The van der Waals surface area contributed by atoms with Crippen molar-refractivity contribution in [3.8, 4) is 22.6 Å². The number of para-hydroxylation sites is 1. The second kappa shape index (κ2) is 12.0. The van der Waals surface area contributed by atoms with Gasteiger partial charge in [0.15, 0.2) is 8.07 Å². The highest BCUT2D eigenvalue weighted by Gasteiger charge is 2.55. The molecule has 0 N–H and O–H groups in total. The summed E-state index contributed by atoms with van der Waals surface area (Å²) in [7, 11) is -2.78. The molecule has 0 fully saturated rings. The van der Waals surface area contributed by atoms with E-state index >= 15 is 0 Å². The van der Waals surface area contributed by atoms with E-state index in [-0.39, 0.29) is 12.6 Å². The van der Waals surface area contributed by atoms with Gasteiger partial charge in [0.2, 0.25) is 0 Å². The molecule has 1 unspecified atom stereocenters. The predicted octanol–water partition coefficient (Wildman–Crippen LogP) is 8.78. The number of fused-ring (bicyclic) bond motifs is 15. The van der Waals surface area contributed by atoms with E-state index in [4.69, 9.17) is 4.74 Å². The summed E-state index contributed by atoms with van der Waals surface area (Å²) in [4.78, 5) is 2.65.